The maximum absolute atomic E-state index is 14.0. The first-order valence-electron chi connectivity index (χ1n) is 10.2. The normalized spacial score (nSPS) is 19.4. The lowest BCUT2D eigenvalue weighted by molar-refractivity contribution is -0.144. The third kappa shape index (κ3) is 4.76. The Morgan fingerprint density at radius 1 is 1.14 bits per heavy atom. The van der Waals surface area contributed by atoms with Crippen molar-refractivity contribution in [3.8, 4) is 5.75 Å². The molecule has 0 saturated carbocycles. The lowest BCUT2D eigenvalue weighted by atomic mass is 10.1. The van der Waals surface area contributed by atoms with Crippen LogP contribution in [0.5, 0.6) is 5.75 Å². The van der Waals surface area contributed by atoms with Crippen LogP contribution in [0.3, 0.4) is 0 Å². The largest absolute Gasteiger partial charge is 0.468 e. The van der Waals surface area contributed by atoms with Crippen molar-refractivity contribution >= 4 is 24.3 Å². The van der Waals surface area contributed by atoms with Gasteiger partial charge < -0.3 is 9.26 Å². The Hall–Kier alpha value is -1.84. The van der Waals surface area contributed by atoms with Gasteiger partial charge in [0.1, 0.15) is 11.8 Å². The fourth-order valence-electron chi connectivity index (χ4n) is 3.85. The molecule has 0 N–H and O–H groups in total. The maximum Gasteiger partial charge on any atom is 0.323 e. The Bertz CT molecular complexity index is 853. The summed E-state index contributed by atoms with van der Waals surface area (Å²) in [6, 6.07) is 13.3. The molecule has 2 aromatic rings. The molecule has 5 nitrogen and oxygen atoms in total. The van der Waals surface area contributed by atoms with Crippen molar-refractivity contribution in [2.24, 2.45) is 0 Å². The van der Waals surface area contributed by atoms with E-state index in [1.54, 1.807) is 4.67 Å². The van der Waals surface area contributed by atoms with Crippen LogP contribution in [0.4, 0.5) is 0 Å². The molecule has 0 amide bonds. The molecule has 0 aliphatic carbocycles. The zero-order chi connectivity index (χ0) is 20.0. The third-order valence-electron chi connectivity index (χ3n) is 5.35. The molecular weight excluding hydrogens is 373 g/mol. The van der Waals surface area contributed by atoms with Gasteiger partial charge in [0.25, 0.3) is 0 Å². The van der Waals surface area contributed by atoms with Crippen molar-refractivity contribution in [3.05, 3.63) is 42.5 Å². The second kappa shape index (κ2) is 9.58. The van der Waals surface area contributed by atoms with Crippen LogP contribution in [0.15, 0.2) is 42.5 Å². The Morgan fingerprint density at radius 3 is 2.68 bits per heavy atom. The van der Waals surface area contributed by atoms with Crippen molar-refractivity contribution < 1.29 is 18.6 Å². The van der Waals surface area contributed by atoms with E-state index in [0.717, 1.165) is 42.9 Å². The van der Waals surface area contributed by atoms with E-state index in [-0.39, 0.29) is 5.97 Å². The minimum Gasteiger partial charge on any atom is -0.468 e. The van der Waals surface area contributed by atoms with Gasteiger partial charge in [0, 0.05) is 12.7 Å². The molecule has 152 valence electrons. The van der Waals surface area contributed by atoms with Crippen LogP contribution in [0.2, 0.25) is 0 Å². The summed E-state index contributed by atoms with van der Waals surface area (Å²) in [6.45, 7) is 2.75. The maximum atomic E-state index is 14.0. The molecule has 1 aliphatic rings. The number of ether oxygens (including phenoxy) is 1. The summed E-state index contributed by atoms with van der Waals surface area (Å²) in [6.07, 6.45) is 5.99. The number of carbonyl (C=O) groups is 1. The lowest BCUT2D eigenvalue weighted by Gasteiger charge is -2.31. The first-order chi connectivity index (χ1) is 13.6. The van der Waals surface area contributed by atoms with Gasteiger partial charge in [0.15, 0.2) is 0 Å². The number of esters is 1. The summed E-state index contributed by atoms with van der Waals surface area (Å²) in [4.78, 5) is 12.2. The molecule has 0 aromatic heterocycles. The SMILES string of the molecule is CCCCCC[P@](=O)(Oc1ccc2ccccc2c1)N1CCC[C@H]1C(=O)OC. The van der Waals surface area contributed by atoms with Gasteiger partial charge >= 0.3 is 13.5 Å². The predicted molar refractivity (Wildman–Crippen MR) is 113 cm³/mol. The minimum atomic E-state index is -3.20. The second-order valence-electron chi connectivity index (χ2n) is 7.37. The predicted octanol–water partition coefficient (Wildman–Crippen LogP) is 5.63. The summed E-state index contributed by atoms with van der Waals surface area (Å²) < 4.78 is 26.9. The molecule has 2 aromatic carbocycles. The van der Waals surface area contributed by atoms with E-state index in [1.807, 2.05) is 42.5 Å². The van der Waals surface area contributed by atoms with Gasteiger partial charge in [-0.3, -0.25) is 9.36 Å². The fraction of sp³-hybridized carbons (Fsp3) is 0.500. The van der Waals surface area contributed by atoms with Crippen molar-refractivity contribution in [2.45, 2.75) is 51.5 Å². The van der Waals surface area contributed by atoms with Crippen LogP contribution in [0, 0.1) is 0 Å². The molecule has 1 saturated heterocycles. The Labute approximate surface area is 167 Å². The summed E-state index contributed by atoms with van der Waals surface area (Å²) in [5.74, 6) is 0.265. The molecule has 3 rings (SSSR count). The molecular formula is C22H30NO4P. The highest BCUT2D eigenvalue weighted by Gasteiger charge is 2.44. The first kappa shape index (κ1) is 20.9. The molecule has 0 spiro atoms. The third-order valence-corrected chi connectivity index (χ3v) is 7.99. The van der Waals surface area contributed by atoms with E-state index in [9.17, 15) is 9.36 Å². The van der Waals surface area contributed by atoms with E-state index in [0.29, 0.717) is 24.9 Å². The average molecular weight is 403 g/mol. The smallest absolute Gasteiger partial charge is 0.323 e. The van der Waals surface area contributed by atoms with Crippen molar-refractivity contribution in [1.82, 2.24) is 4.67 Å². The van der Waals surface area contributed by atoms with Crippen molar-refractivity contribution in [2.75, 3.05) is 19.8 Å². The van der Waals surface area contributed by atoms with Crippen LogP contribution < -0.4 is 4.52 Å². The molecule has 28 heavy (non-hydrogen) atoms. The van der Waals surface area contributed by atoms with Gasteiger partial charge in [0.2, 0.25) is 0 Å². The minimum absolute atomic E-state index is 0.326. The molecule has 6 heteroatoms. The van der Waals surface area contributed by atoms with E-state index in [2.05, 4.69) is 6.92 Å². The highest BCUT2D eigenvalue weighted by Crippen LogP contribution is 2.55. The van der Waals surface area contributed by atoms with Gasteiger partial charge in [-0.05, 0) is 42.2 Å². The number of fused-ring (bicyclic) bond motifs is 1. The van der Waals surface area contributed by atoms with Gasteiger partial charge in [-0.15, -0.1) is 0 Å². The fourth-order valence-corrected chi connectivity index (χ4v) is 6.45. The zero-order valence-electron chi connectivity index (χ0n) is 16.8. The van der Waals surface area contributed by atoms with E-state index in [4.69, 9.17) is 9.26 Å². The number of unbranched alkanes of at least 4 members (excludes halogenated alkanes) is 3. The number of hydrogen-bond acceptors (Lipinski definition) is 4. The number of hydrogen-bond donors (Lipinski definition) is 0. The number of carbonyl (C=O) groups excluding carboxylic acids is 1. The van der Waals surface area contributed by atoms with Gasteiger partial charge in [-0.1, -0.05) is 56.5 Å². The van der Waals surface area contributed by atoms with Gasteiger partial charge in [0.05, 0.1) is 7.11 Å². The lowest BCUT2D eigenvalue weighted by Crippen LogP contribution is -2.36. The Kier molecular flexibility index (Phi) is 7.14. The molecule has 1 heterocycles. The molecule has 0 unspecified atom stereocenters. The number of benzene rings is 2. The van der Waals surface area contributed by atoms with Crippen LogP contribution in [0.25, 0.3) is 10.8 Å². The van der Waals surface area contributed by atoms with Gasteiger partial charge in [-0.2, -0.15) is 0 Å². The molecule has 2 atom stereocenters. The summed E-state index contributed by atoms with van der Waals surface area (Å²) in [5, 5.41) is 2.16. The number of methoxy groups -OCH3 is 1. The standard InChI is InChI=1S/C22H30NO4P/c1-3-4-5-8-16-28(25,23-15-9-12-21(23)22(24)26-2)27-20-14-13-18-10-6-7-11-19(18)17-20/h6-7,10-11,13-14,17,21H,3-5,8-9,12,15-16H2,1-2H3/t21-,28-/m0/s1. The molecule has 0 radical (unpaired) electrons. The molecule has 0 bridgehead atoms. The summed E-state index contributed by atoms with van der Waals surface area (Å²) >= 11 is 0. The molecule has 1 aliphatic heterocycles. The number of rotatable bonds is 9. The Balaban J connectivity index is 1.86. The number of nitrogens with zero attached hydrogens (tertiary/aromatic N) is 1. The highest BCUT2D eigenvalue weighted by atomic mass is 31.2. The highest BCUT2D eigenvalue weighted by molar-refractivity contribution is 7.57. The second-order valence-corrected chi connectivity index (χ2v) is 9.78. The summed E-state index contributed by atoms with van der Waals surface area (Å²) in [5.41, 5.74) is 0. The zero-order valence-corrected chi connectivity index (χ0v) is 17.7. The van der Waals surface area contributed by atoms with E-state index in [1.165, 1.54) is 7.11 Å². The van der Waals surface area contributed by atoms with Gasteiger partial charge in [-0.25, -0.2) is 4.67 Å². The van der Waals surface area contributed by atoms with Crippen LogP contribution >= 0.6 is 7.52 Å². The topological polar surface area (TPSA) is 55.8 Å². The first-order valence-corrected chi connectivity index (χ1v) is 12.0. The van der Waals surface area contributed by atoms with E-state index >= 15 is 0 Å². The molecule has 1 fully saturated rings. The Morgan fingerprint density at radius 2 is 1.93 bits per heavy atom. The van der Waals surface area contributed by atoms with E-state index < -0.39 is 13.6 Å². The quantitative estimate of drug-likeness (QED) is 0.309. The average Bonchev–Trinajstić information content (AvgIpc) is 3.21. The van der Waals surface area contributed by atoms with Crippen molar-refractivity contribution in [3.63, 3.8) is 0 Å². The van der Waals surface area contributed by atoms with Crippen LogP contribution in [-0.4, -0.2) is 36.5 Å². The van der Waals surface area contributed by atoms with Crippen molar-refractivity contribution in [1.29, 1.82) is 0 Å². The van der Waals surface area contributed by atoms with Crippen LogP contribution in [0.1, 0.15) is 45.4 Å². The monoisotopic (exact) mass is 403 g/mol. The van der Waals surface area contributed by atoms with Crippen LogP contribution in [-0.2, 0) is 14.1 Å². The summed E-state index contributed by atoms with van der Waals surface area (Å²) in [7, 11) is -1.81.